The molecule has 0 aliphatic heterocycles. The number of aromatic nitrogens is 1. The second-order valence-corrected chi connectivity index (χ2v) is 4.95. The van der Waals surface area contributed by atoms with Crippen LogP contribution >= 0.6 is 0 Å². The Hall–Kier alpha value is -2.14. The topological polar surface area (TPSA) is 55.6 Å². The van der Waals surface area contributed by atoms with Gasteiger partial charge in [-0.25, -0.2) is 0 Å². The third-order valence-electron chi connectivity index (χ3n) is 3.26. The van der Waals surface area contributed by atoms with Crippen LogP contribution in [0.4, 0.5) is 0 Å². The van der Waals surface area contributed by atoms with Crippen LogP contribution in [0.25, 0.3) is 0 Å². The molecule has 2 rings (SSSR count). The fraction of sp³-hybridized carbons (Fsp3) is 0.375. The van der Waals surface area contributed by atoms with Crippen molar-refractivity contribution >= 4 is 0 Å². The van der Waals surface area contributed by atoms with E-state index in [-0.39, 0.29) is 6.61 Å². The molecular weight excluding hydrogens is 268 g/mol. The van der Waals surface area contributed by atoms with Gasteiger partial charge in [0.1, 0.15) is 24.2 Å². The minimum Gasteiger partial charge on any atom is -0.497 e. The van der Waals surface area contributed by atoms with Crippen molar-refractivity contribution in [1.29, 1.82) is 0 Å². The van der Waals surface area contributed by atoms with Gasteiger partial charge in [-0.1, -0.05) is 0 Å². The Kier molecular flexibility index (Phi) is 5.11. The summed E-state index contributed by atoms with van der Waals surface area (Å²) in [6.07, 6.45) is -0.590. The van der Waals surface area contributed by atoms with Gasteiger partial charge in [0, 0.05) is 11.4 Å². The number of nitrogens with zero attached hydrogens (tertiary/aromatic N) is 1. The summed E-state index contributed by atoms with van der Waals surface area (Å²) in [5.41, 5.74) is 5.40. The van der Waals surface area contributed by atoms with Gasteiger partial charge in [0.2, 0.25) is 0 Å². The van der Waals surface area contributed by atoms with Crippen LogP contribution in [0.15, 0.2) is 36.4 Å². The highest BCUT2D eigenvalue weighted by atomic mass is 16.5. The van der Waals surface area contributed by atoms with Gasteiger partial charge in [-0.15, -0.1) is 0 Å². The van der Waals surface area contributed by atoms with Gasteiger partial charge in [0.25, 0.3) is 0 Å². The highest BCUT2D eigenvalue weighted by Gasteiger charge is 2.07. The summed E-state index contributed by atoms with van der Waals surface area (Å²) < 4.78 is 12.6. The number of hydrogen-bond donors (Lipinski definition) is 2. The lowest BCUT2D eigenvalue weighted by Gasteiger charge is -2.17. The summed E-state index contributed by atoms with van der Waals surface area (Å²) in [7, 11) is 1.62. The first-order valence-corrected chi connectivity index (χ1v) is 6.94. The molecule has 0 bridgehead atoms. The highest BCUT2D eigenvalue weighted by Crippen LogP contribution is 2.17. The molecular formula is C16H22N2O3. The quantitative estimate of drug-likeness (QED) is 0.820. The third kappa shape index (κ3) is 4.16. The molecule has 21 heavy (non-hydrogen) atoms. The number of benzene rings is 1. The van der Waals surface area contributed by atoms with Crippen LogP contribution in [-0.2, 0) is 0 Å². The molecule has 0 saturated heterocycles. The molecule has 1 aromatic heterocycles. The molecule has 0 saturated carbocycles. The van der Waals surface area contributed by atoms with Gasteiger partial charge in [-0.05, 0) is 50.2 Å². The second-order valence-electron chi connectivity index (χ2n) is 4.95. The number of aliphatic hydroxyl groups excluding tert-OH is 1. The van der Waals surface area contributed by atoms with E-state index < -0.39 is 6.10 Å². The van der Waals surface area contributed by atoms with Crippen LogP contribution in [-0.4, -0.2) is 36.1 Å². The molecule has 2 aromatic rings. The van der Waals surface area contributed by atoms with Crippen LogP contribution in [0.2, 0.25) is 0 Å². The Labute approximate surface area is 125 Å². The fourth-order valence-corrected chi connectivity index (χ4v) is 2.04. The van der Waals surface area contributed by atoms with Crippen molar-refractivity contribution in [3.63, 3.8) is 0 Å². The minimum atomic E-state index is -0.590. The van der Waals surface area contributed by atoms with Crippen molar-refractivity contribution in [1.82, 2.24) is 4.68 Å². The average molecular weight is 290 g/mol. The van der Waals surface area contributed by atoms with Crippen molar-refractivity contribution < 1.29 is 14.6 Å². The lowest BCUT2D eigenvalue weighted by Crippen LogP contribution is -2.31. The lowest BCUT2D eigenvalue weighted by atomic mass is 10.3. The average Bonchev–Trinajstić information content (AvgIpc) is 2.82. The monoisotopic (exact) mass is 290 g/mol. The maximum absolute atomic E-state index is 9.97. The van der Waals surface area contributed by atoms with Gasteiger partial charge in [-0.2, -0.15) is 0 Å². The molecule has 1 atom stereocenters. The molecule has 0 fully saturated rings. The zero-order valence-corrected chi connectivity index (χ0v) is 12.7. The number of aryl methyl sites for hydroxylation is 2. The summed E-state index contributed by atoms with van der Waals surface area (Å²) in [5, 5.41) is 9.97. The Morgan fingerprint density at radius 2 is 1.62 bits per heavy atom. The molecule has 1 unspecified atom stereocenters. The molecule has 0 amide bonds. The van der Waals surface area contributed by atoms with Crippen LogP contribution in [0.5, 0.6) is 11.5 Å². The van der Waals surface area contributed by atoms with E-state index in [0.717, 1.165) is 17.1 Å². The molecule has 114 valence electrons. The van der Waals surface area contributed by atoms with Crippen molar-refractivity contribution in [2.24, 2.45) is 0 Å². The predicted molar refractivity (Wildman–Crippen MR) is 82.6 cm³/mol. The largest absolute Gasteiger partial charge is 0.497 e. The zero-order chi connectivity index (χ0) is 15.2. The summed E-state index contributed by atoms with van der Waals surface area (Å²) in [6, 6.07) is 11.3. The van der Waals surface area contributed by atoms with Gasteiger partial charge in [0.05, 0.1) is 13.7 Å². The fourth-order valence-electron chi connectivity index (χ4n) is 2.04. The molecule has 5 heteroatoms. The number of aliphatic hydroxyl groups is 1. The molecule has 0 radical (unpaired) electrons. The van der Waals surface area contributed by atoms with E-state index in [2.05, 4.69) is 5.43 Å². The Morgan fingerprint density at radius 3 is 2.19 bits per heavy atom. The van der Waals surface area contributed by atoms with E-state index in [0.29, 0.717) is 12.3 Å². The second kappa shape index (κ2) is 7.04. The van der Waals surface area contributed by atoms with Crippen LogP contribution < -0.4 is 14.9 Å². The standard InChI is InChI=1S/C16H22N2O3/c1-12-4-5-13(2)18(12)17-10-14(19)11-21-16-8-6-15(20-3)7-9-16/h4-9,14,17,19H,10-11H2,1-3H3. The molecule has 0 aliphatic rings. The SMILES string of the molecule is COc1ccc(OCC(O)CNn2c(C)ccc2C)cc1. The highest BCUT2D eigenvalue weighted by molar-refractivity contribution is 5.31. The molecule has 2 N–H and O–H groups in total. The zero-order valence-electron chi connectivity index (χ0n) is 12.7. The lowest BCUT2D eigenvalue weighted by molar-refractivity contribution is 0.115. The van der Waals surface area contributed by atoms with Crippen LogP contribution in [0, 0.1) is 13.8 Å². The van der Waals surface area contributed by atoms with Crippen molar-refractivity contribution in [3.05, 3.63) is 47.8 Å². The van der Waals surface area contributed by atoms with Gasteiger partial charge in [0.15, 0.2) is 0 Å². The maximum atomic E-state index is 9.97. The summed E-state index contributed by atoms with van der Waals surface area (Å²) in [4.78, 5) is 0. The predicted octanol–water partition coefficient (Wildman–Crippen LogP) is 2.10. The number of rotatable bonds is 7. The number of nitrogens with one attached hydrogen (secondary N) is 1. The molecule has 0 aliphatic carbocycles. The van der Waals surface area contributed by atoms with E-state index >= 15 is 0 Å². The van der Waals surface area contributed by atoms with Gasteiger partial charge < -0.3 is 20.0 Å². The first-order chi connectivity index (χ1) is 10.1. The first kappa shape index (κ1) is 15.3. The van der Waals surface area contributed by atoms with Crippen LogP contribution in [0.3, 0.4) is 0 Å². The van der Waals surface area contributed by atoms with Crippen LogP contribution in [0.1, 0.15) is 11.4 Å². The molecule has 1 aromatic carbocycles. The summed E-state index contributed by atoms with van der Waals surface area (Å²) in [6.45, 7) is 4.69. The van der Waals surface area contributed by atoms with Crippen molar-refractivity contribution in [2.45, 2.75) is 20.0 Å². The Bertz CT molecular complexity index is 544. The van der Waals surface area contributed by atoms with Gasteiger partial charge in [-0.3, -0.25) is 4.68 Å². The van der Waals surface area contributed by atoms with E-state index in [1.54, 1.807) is 7.11 Å². The third-order valence-corrected chi connectivity index (χ3v) is 3.26. The molecule has 1 heterocycles. The molecule has 0 spiro atoms. The smallest absolute Gasteiger partial charge is 0.119 e. The van der Waals surface area contributed by atoms with E-state index in [9.17, 15) is 5.11 Å². The Balaban J connectivity index is 1.78. The Morgan fingerprint density at radius 1 is 1.05 bits per heavy atom. The van der Waals surface area contributed by atoms with Gasteiger partial charge >= 0.3 is 0 Å². The maximum Gasteiger partial charge on any atom is 0.119 e. The molecule has 5 nitrogen and oxygen atoms in total. The number of hydrogen-bond acceptors (Lipinski definition) is 4. The number of methoxy groups -OCH3 is 1. The van der Waals surface area contributed by atoms with E-state index in [1.807, 2.05) is 54.9 Å². The van der Waals surface area contributed by atoms with Crippen molar-refractivity contribution in [2.75, 3.05) is 25.7 Å². The normalized spacial score (nSPS) is 12.0. The number of ether oxygens (including phenoxy) is 2. The summed E-state index contributed by atoms with van der Waals surface area (Å²) in [5.74, 6) is 1.49. The summed E-state index contributed by atoms with van der Waals surface area (Å²) >= 11 is 0. The van der Waals surface area contributed by atoms with E-state index in [1.165, 1.54) is 0 Å². The first-order valence-electron chi connectivity index (χ1n) is 6.94. The van der Waals surface area contributed by atoms with Crippen molar-refractivity contribution in [3.8, 4) is 11.5 Å². The van der Waals surface area contributed by atoms with E-state index in [4.69, 9.17) is 9.47 Å². The minimum absolute atomic E-state index is 0.235.